The topological polar surface area (TPSA) is 97.3 Å². The smallest absolute Gasteiger partial charge is 0.490 e. The predicted molar refractivity (Wildman–Crippen MR) is 124 cm³/mol. The zero-order valence-corrected chi connectivity index (χ0v) is 19.0. The van der Waals surface area contributed by atoms with Crippen LogP contribution in [0, 0.1) is 0 Å². The Kier molecular flexibility index (Phi) is 8.30. The molecule has 0 bridgehead atoms. The maximum Gasteiger partial charge on any atom is 0.490 e. The van der Waals surface area contributed by atoms with E-state index in [9.17, 15) is 13.2 Å². The van der Waals surface area contributed by atoms with Gasteiger partial charge in [-0.3, -0.25) is 0 Å². The fourth-order valence-electron chi connectivity index (χ4n) is 3.04. The SMILES string of the molecule is CC(C)Oc1cc(OCCc2ccccc2)cc(-c2nc3cccnc3[nH]2)c1.O=C(O)C(F)(F)F. The van der Waals surface area contributed by atoms with E-state index in [1.54, 1.807) is 6.20 Å². The van der Waals surface area contributed by atoms with Crippen molar-refractivity contribution in [1.82, 2.24) is 15.0 Å². The summed E-state index contributed by atoms with van der Waals surface area (Å²) in [7, 11) is 0. The number of alkyl halides is 3. The highest BCUT2D eigenvalue weighted by Gasteiger charge is 2.38. The van der Waals surface area contributed by atoms with E-state index in [0.29, 0.717) is 6.61 Å². The number of H-pyrrole nitrogens is 1. The first kappa shape index (κ1) is 25.5. The molecule has 10 heteroatoms. The molecule has 0 aliphatic rings. The largest absolute Gasteiger partial charge is 0.493 e. The second-order valence-corrected chi connectivity index (χ2v) is 7.70. The van der Waals surface area contributed by atoms with E-state index in [2.05, 4.69) is 27.1 Å². The van der Waals surface area contributed by atoms with Crippen LogP contribution in [-0.2, 0) is 11.2 Å². The Hall–Kier alpha value is -4.08. The zero-order valence-electron chi connectivity index (χ0n) is 19.0. The molecule has 184 valence electrons. The quantitative estimate of drug-likeness (QED) is 0.349. The lowest BCUT2D eigenvalue weighted by molar-refractivity contribution is -0.192. The average Bonchev–Trinajstić information content (AvgIpc) is 3.23. The molecule has 4 rings (SSSR count). The number of aromatic amines is 1. The lowest BCUT2D eigenvalue weighted by Gasteiger charge is -2.14. The van der Waals surface area contributed by atoms with Crippen LogP contribution in [0.5, 0.6) is 11.5 Å². The lowest BCUT2D eigenvalue weighted by atomic mass is 10.1. The van der Waals surface area contributed by atoms with Gasteiger partial charge in [-0.05, 0) is 43.7 Å². The van der Waals surface area contributed by atoms with Crippen molar-refractivity contribution in [3.05, 3.63) is 72.4 Å². The molecule has 0 saturated heterocycles. The van der Waals surface area contributed by atoms with Gasteiger partial charge in [-0.25, -0.2) is 14.8 Å². The molecule has 2 aromatic heterocycles. The molecule has 2 heterocycles. The van der Waals surface area contributed by atoms with Gasteiger partial charge in [-0.2, -0.15) is 13.2 Å². The van der Waals surface area contributed by atoms with Gasteiger partial charge in [0.25, 0.3) is 0 Å². The maximum atomic E-state index is 10.6. The van der Waals surface area contributed by atoms with Crippen molar-refractivity contribution in [2.24, 2.45) is 0 Å². The number of pyridine rings is 1. The number of benzene rings is 2. The predicted octanol–water partition coefficient (Wildman–Crippen LogP) is 5.67. The Morgan fingerprint density at radius 3 is 2.37 bits per heavy atom. The Labute approximate surface area is 199 Å². The average molecular weight is 487 g/mol. The Morgan fingerprint density at radius 2 is 1.74 bits per heavy atom. The van der Waals surface area contributed by atoms with Gasteiger partial charge in [0.2, 0.25) is 0 Å². The standard InChI is InChI=1S/C23H23N3O2.C2HF3O2/c1-16(2)28-20-14-18(22-25-21-9-6-11-24-23(21)26-22)13-19(15-20)27-12-10-17-7-4-3-5-8-17;3-2(4,5)1(6)7/h3-9,11,13-16H,10,12H2,1-2H3,(H,24,25,26);(H,6,7). The number of rotatable bonds is 7. The minimum atomic E-state index is -5.08. The molecule has 0 atom stereocenters. The molecule has 0 aliphatic carbocycles. The number of ether oxygens (including phenoxy) is 2. The number of hydrogen-bond acceptors (Lipinski definition) is 5. The molecule has 0 fully saturated rings. The summed E-state index contributed by atoms with van der Waals surface area (Å²) in [6.07, 6.45) is -2.41. The molecule has 35 heavy (non-hydrogen) atoms. The lowest BCUT2D eigenvalue weighted by Crippen LogP contribution is -2.21. The molecule has 7 nitrogen and oxygen atoms in total. The van der Waals surface area contributed by atoms with Gasteiger partial charge in [-0.1, -0.05) is 30.3 Å². The van der Waals surface area contributed by atoms with Crippen LogP contribution in [0.2, 0.25) is 0 Å². The molecular formula is C25H24F3N3O4. The van der Waals surface area contributed by atoms with Crippen molar-refractivity contribution < 1.29 is 32.5 Å². The van der Waals surface area contributed by atoms with Crippen molar-refractivity contribution in [3.8, 4) is 22.9 Å². The minimum Gasteiger partial charge on any atom is -0.493 e. The summed E-state index contributed by atoms with van der Waals surface area (Å²) in [6.45, 7) is 4.61. The van der Waals surface area contributed by atoms with Crippen molar-refractivity contribution in [2.75, 3.05) is 6.61 Å². The number of aliphatic carboxylic acids is 1. The highest BCUT2D eigenvalue weighted by molar-refractivity contribution is 5.76. The van der Waals surface area contributed by atoms with Gasteiger partial charge in [0.05, 0.1) is 12.7 Å². The molecular weight excluding hydrogens is 463 g/mol. The van der Waals surface area contributed by atoms with E-state index >= 15 is 0 Å². The van der Waals surface area contributed by atoms with Crippen LogP contribution in [0.25, 0.3) is 22.6 Å². The second-order valence-electron chi connectivity index (χ2n) is 7.70. The Bertz CT molecular complexity index is 1220. The number of nitrogens with zero attached hydrogens (tertiary/aromatic N) is 2. The summed E-state index contributed by atoms with van der Waals surface area (Å²) in [5.74, 6) is -0.489. The molecule has 0 amide bonds. The van der Waals surface area contributed by atoms with Crippen LogP contribution in [0.15, 0.2) is 66.9 Å². The van der Waals surface area contributed by atoms with Crippen LogP contribution in [0.1, 0.15) is 19.4 Å². The van der Waals surface area contributed by atoms with Gasteiger partial charge >= 0.3 is 12.1 Å². The molecule has 4 aromatic rings. The highest BCUT2D eigenvalue weighted by Crippen LogP contribution is 2.30. The molecule has 2 N–H and O–H groups in total. The molecule has 2 aromatic carbocycles. The van der Waals surface area contributed by atoms with Crippen LogP contribution < -0.4 is 9.47 Å². The minimum absolute atomic E-state index is 0.0739. The molecule has 0 unspecified atom stereocenters. The summed E-state index contributed by atoms with van der Waals surface area (Å²) < 4.78 is 43.7. The van der Waals surface area contributed by atoms with Crippen LogP contribution >= 0.6 is 0 Å². The monoisotopic (exact) mass is 487 g/mol. The van der Waals surface area contributed by atoms with E-state index in [1.165, 1.54) is 5.56 Å². The maximum absolute atomic E-state index is 10.6. The summed E-state index contributed by atoms with van der Waals surface area (Å²) in [5, 5.41) is 7.12. The van der Waals surface area contributed by atoms with Crippen LogP contribution in [0.3, 0.4) is 0 Å². The van der Waals surface area contributed by atoms with Gasteiger partial charge < -0.3 is 19.6 Å². The first-order valence-corrected chi connectivity index (χ1v) is 10.7. The van der Waals surface area contributed by atoms with Gasteiger partial charge in [0.1, 0.15) is 22.8 Å². The second kappa shape index (κ2) is 11.4. The number of carboxylic acids is 1. The van der Waals surface area contributed by atoms with E-state index in [0.717, 1.165) is 40.5 Å². The van der Waals surface area contributed by atoms with E-state index in [1.807, 2.05) is 62.4 Å². The summed E-state index contributed by atoms with van der Waals surface area (Å²) in [6, 6.07) is 20.0. The number of hydrogen-bond donors (Lipinski definition) is 2. The Balaban J connectivity index is 0.000000429. The van der Waals surface area contributed by atoms with E-state index in [4.69, 9.17) is 19.4 Å². The van der Waals surface area contributed by atoms with Crippen molar-refractivity contribution in [3.63, 3.8) is 0 Å². The first-order valence-electron chi connectivity index (χ1n) is 10.7. The molecule has 0 radical (unpaired) electrons. The van der Waals surface area contributed by atoms with Crippen molar-refractivity contribution in [1.29, 1.82) is 0 Å². The number of imidazole rings is 1. The number of aromatic nitrogens is 3. The fourth-order valence-corrected chi connectivity index (χ4v) is 3.04. The molecule has 0 spiro atoms. The van der Waals surface area contributed by atoms with Crippen molar-refractivity contribution >= 4 is 17.1 Å². The summed E-state index contributed by atoms with van der Waals surface area (Å²) >= 11 is 0. The third-order valence-electron chi connectivity index (χ3n) is 4.53. The van der Waals surface area contributed by atoms with Gasteiger partial charge in [-0.15, -0.1) is 0 Å². The third kappa shape index (κ3) is 7.73. The fraction of sp³-hybridized carbons (Fsp3) is 0.240. The normalized spacial score (nSPS) is 11.1. The van der Waals surface area contributed by atoms with Crippen LogP contribution in [-0.4, -0.2) is 44.9 Å². The Morgan fingerprint density at radius 1 is 1.06 bits per heavy atom. The molecule has 0 aliphatic heterocycles. The number of carboxylic acid groups (broad SMARTS) is 1. The summed E-state index contributed by atoms with van der Waals surface area (Å²) in [5.41, 5.74) is 3.75. The number of fused-ring (bicyclic) bond motifs is 1. The van der Waals surface area contributed by atoms with Gasteiger partial charge in [0, 0.05) is 24.2 Å². The molecule has 0 saturated carbocycles. The zero-order chi connectivity index (χ0) is 25.4. The first-order chi connectivity index (χ1) is 16.6. The highest BCUT2D eigenvalue weighted by atomic mass is 19.4. The third-order valence-corrected chi connectivity index (χ3v) is 4.53. The number of nitrogens with one attached hydrogen (secondary N) is 1. The van der Waals surface area contributed by atoms with E-state index in [-0.39, 0.29) is 6.10 Å². The van der Waals surface area contributed by atoms with Crippen LogP contribution in [0.4, 0.5) is 13.2 Å². The summed E-state index contributed by atoms with van der Waals surface area (Å²) in [4.78, 5) is 21.1. The van der Waals surface area contributed by atoms with E-state index < -0.39 is 12.1 Å². The number of halogens is 3. The number of carbonyl (C=O) groups is 1. The van der Waals surface area contributed by atoms with Gasteiger partial charge in [0.15, 0.2) is 5.65 Å². The van der Waals surface area contributed by atoms with Crippen molar-refractivity contribution in [2.45, 2.75) is 32.5 Å².